The van der Waals surface area contributed by atoms with Crippen molar-refractivity contribution in [3.8, 4) is 17.2 Å². The van der Waals surface area contributed by atoms with Crippen LogP contribution in [0.3, 0.4) is 0 Å². The summed E-state index contributed by atoms with van der Waals surface area (Å²) in [5, 5.41) is 22.6. The van der Waals surface area contributed by atoms with Crippen molar-refractivity contribution >= 4 is 49.4 Å². The number of carboxylic acid groups (broad SMARTS) is 1. The molecule has 0 saturated heterocycles. The molecule has 0 radical (unpaired) electrons. The molecule has 0 unspecified atom stereocenters. The molecule has 6 nitrogen and oxygen atoms in total. The highest BCUT2D eigenvalue weighted by molar-refractivity contribution is 9.11. The highest BCUT2D eigenvalue weighted by atomic mass is 79.9. The van der Waals surface area contributed by atoms with Crippen LogP contribution in [-0.2, 0) is 9.59 Å². The van der Waals surface area contributed by atoms with Crippen molar-refractivity contribution in [1.82, 2.24) is 0 Å². The molecule has 1 amide bonds. The van der Waals surface area contributed by atoms with Crippen molar-refractivity contribution in [2.75, 3.05) is 5.32 Å². The Balaban J connectivity index is 0.00000265. The van der Waals surface area contributed by atoms with Gasteiger partial charge in [0, 0.05) is 11.3 Å². The average Bonchev–Trinajstić information content (AvgIpc) is 2.75. The lowest BCUT2D eigenvalue weighted by atomic mass is 9.81. The lowest BCUT2D eigenvalue weighted by Gasteiger charge is -2.25. The van der Waals surface area contributed by atoms with Crippen molar-refractivity contribution in [2.45, 2.75) is 67.2 Å². The number of phenolic OH excluding ortho intramolecular Hbond substituents is 1. The van der Waals surface area contributed by atoms with Gasteiger partial charge in [0.1, 0.15) is 16.9 Å². The summed E-state index contributed by atoms with van der Waals surface area (Å²) in [6.07, 6.45) is 0.374. The number of aliphatic carboxylic acids is 1. The van der Waals surface area contributed by atoms with Gasteiger partial charge in [0.25, 0.3) is 0 Å². The number of carboxylic acids is 1. The largest absolute Gasteiger partial charge is 0.507 e. The highest BCUT2D eigenvalue weighted by Gasteiger charge is 2.43. The maximum Gasteiger partial charge on any atom is 0.319 e. The molecule has 8 heteroatoms. The summed E-state index contributed by atoms with van der Waals surface area (Å²) in [4.78, 5) is 24.4. The zero-order valence-electron chi connectivity index (χ0n) is 20.2. The lowest BCUT2D eigenvalue weighted by molar-refractivity contribution is -0.154. The molecule has 0 spiro atoms. The molecule has 0 aliphatic carbocycles. The number of halogens is 2. The summed E-state index contributed by atoms with van der Waals surface area (Å²) >= 11 is 6.93. The van der Waals surface area contributed by atoms with Gasteiger partial charge in [0.15, 0.2) is 5.75 Å². The molecule has 0 aromatic heterocycles. The summed E-state index contributed by atoms with van der Waals surface area (Å²) in [5.41, 5.74) is 0.454. The van der Waals surface area contributed by atoms with Crippen LogP contribution in [0, 0.1) is 12.3 Å². The Bertz CT molecular complexity index is 978. The third-order valence-corrected chi connectivity index (χ3v) is 6.63. The number of carbonyl (C=O) groups is 2. The quantitative estimate of drug-likeness (QED) is 0.272. The van der Waals surface area contributed by atoms with Crippen molar-refractivity contribution in [3.05, 3.63) is 44.3 Å². The Morgan fingerprint density at radius 3 is 2.00 bits per heavy atom. The zero-order valence-corrected chi connectivity index (χ0v) is 23.3. The van der Waals surface area contributed by atoms with Gasteiger partial charge in [-0.25, -0.2) is 0 Å². The van der Waals surface area contributed by atoms with Crippen LogP contribution in [0.1, 0.15) is 71.4 Å². The van der Waals surface area contributed by atoms with E-state index in [1.165, 1.54) is 0 Å². The van der Waals surface area contributed by atoms with Crippen LogP contribution in [0.25, 0.3) is 0 Å². The first kappa shape index (κ1) is 29.0. The molecule has 2 aromatic rings. The van der Waals surface area contributed by atoms with Crippen molar-refractivity contribution in [2.24, 2.45) is 5.41 Å². The molecule has 2 aromatic carbocycles. The number of anilines is 1. The fourth-order valence-electron chi connectivity index (χ4n) is 3.34. The van der Waals surface area contributed by atoms with Gasteiger partial charge in [-0.15, -0.1) is 0 Å². The van der Waals surface area contributed by atoms with E-state index >= 15 is 0 Å². The Morgan fingerprint density at radius 2 is 1.58 bits per heavy atom. The van der Waals surface area contributed by atoms with Crippen LogP contribution in [0.2, 0.25) is 0 Å². The molecule has 0 saturated carbocycles. The summed E-state index contributed by atoms with van der Waals surface area (Å²) in [5.74, 6) is -0.261. The number of rotatable bonds is 8. The summed E-state index contributed by atoms with van der Waals surface area (Å²) in [6, 6.07) is 6.86. The molecular formula is C25H33Br2NO5. The minimum atomic E-state index is -1.48. The predicted molar refractivity (Wildman–Crippen MR) is 139 cm³/mol. The maximum atomic E-state index is 12.7. The molecular weight excluding hydrogens is 554 g/mol. The number of ether oxygens (including phenoxy) is 1. The van der Waals surface area contributed by atoms with Crippen LogP contribution in [0.4, 0.5) is 5.69 Å². The fourth-order valence-corrected chi connectivity index (χ4v) is 4.69. The van der Waals surface area contributed by atoms with E-state index in [9.17, 15) is 19.8 Å². The lowest BCUT2D eigenvalue weighted by Crippen LogP contribution is -2.42. The van der Waals surface area contributed by atoms with Crippen molar-refractivity contribution in [1.29, 1.82) is 0 Å². The minimum Gasteiger partial charge on any atom is -0.507 e. The summed E-state index contributed by atoms with van der Waals surface area (Å²) in [6.45, 7) is 13.2. The van der Waals surface area contributed by atoms with Crippen LogP contribution in [0.5, 0.6) is 17.2 Å². The molecule has 0 aliphatic rings. The summed E-state index contributed by atoms with van der Waals surface area (Å²) in [7, 11) is 0. The van der Waals surface area contributed by atoms with Crippen LogP contribution in [-0.4, -0.2) is 22.1 Å². The van der Waals surface area contributed by atoms with Gasteiger partial charge in [-0.2, -0.15) is 0 Å². The van der Waals surface area contributed by atoms with Gasteiger partial charge >= 0.3 is 5.97 Å². The first-order chi connectivity index (χ1) is 15.5. The fraction of sp³-hybridized carbons (Fsp3) is 0.440. The smallest absolute Gasteiger partial charge is 0.319 e. The second-order valence-electron chi connectivity index (χ2n) is 7.75. The number of phenols is 1. The minimum absolute atomic E-state index is 0.123. The Kier molecular flexibility index (Phi) is 10.9. The molecule has 2 rings (SSSR count). The summed E-state index contributed by atoms with van der Waals surface area (Å²) < 4.78 is 7.21. The molecule has 0 fully saturated rings. The van der Waals surface area contributed by atoms with Gasteiger partial charge in [-0.1, -0.05) is 41.5 Å². The number of amides is 1. The molecule has 0 bridgehead atoms. The van der Waals surface area contributed by atoms with E-state index in [1.807, 2.05) is 34.6 Å². The molecule has 33 heavy (non-hydrogen) atoms. The van der Waals surface area contributed by atoms with E-state index in [0.717, 1.165) is 5.56 Å². The molecule has 0 aliphatic heterocycles. The Labute approximate surface area is 213 Å². The third-order valence-electron chi connectivity index (χ3n) is 5.45. The molecule has 0 atom stereocenters. The van der Waals surface area contributed by atoms with Gasteiger partial charge < -0.3 is 20.3 Å². The first-order valence-corrected chi connectivity index (χ1v) is 12.6. The van der Waals surface area contributed by atoms with E-state index in [0.29, 0.717) is 31.7 Å². The predicted octanol–water partition coefficient (Wildman–Crippen LogP) is 8.00. The van der Waals surface area contributed by atoms with E-state index in [2.05, 4.69) is 37.2 Å². The number of nitrogens with one attached hydrogen (secondary N) is 1. The van der Waals surface area contributed by atoms with Gasteiger partial charge in [0.05, 0.1) is 8.95 Å². The van der Waals surface area contributed by atoms with Gasteiger partial charge in [-0.05, 0) is 87.4 Å². The van der Waals surface area contributed by atoms with Crippen LogP contribution >= 0.6 is 31.9 Å². The number of benzene rings is 2. The van der Waals surface area contributed by atoms with Crippen LogP contribution < -0.4 is 10.1 Å². The number of hydrogen-bond donors (Lipinski definition) is 3. The first-order valence-electron chi connectivity index (χ1n) is 11.0. The maximum absolute atomic E-state index is 12.7. The number of aromatic hydroxyl groups is 1. The topological polar surface area (TPSA) is 95.9 Å². The molecule has 182 valence electrons. The normalized spacial score (nSPS) is 11.0. The Hall–Kier alpha value is -2.06. The monoisotopic (exact) mass is 585 g/mol. The van der Waals surface area contributed by atoms with Gasteiger partial charge in [0.2, 0.25) is 5.91 Å². The average molecular weight is 587 g/mol. The number of hydrogen-bond acceptors (Lipinski definition) is 4. The van der Waals surface area contributed by atoms with Gasteiger partial charge in [-0.3, -0.25) is 9.59 Å². The van der Waals surface area contributed by atoms with Crippen LogP contribution in [0.15, 0.2) is 33.2 Å². The zero-order chi connectivity index (χ0) is 25.5. The highest BCUT2D eigenvalue weighted by Crippen LogP contribution is 2.42. The standard InChI is InChI=1S/C23H27Br2NO5.C2H6/c1-6-23(7-2,22(29)30)21(28)26-14-9-17(24)20(18(25)10-14)31-15-8-13(5)19(27)16(11-15)12(3)4;1-2/h8-12,27H,6-7H2,1-5H3,(H,26,28)(H,29,30);1-2H3. The SMILES string of the molecule is CC.CCC(CC)(C(=O)O)C(=O)Nc1cc(Br)c(Oc2cc(C)c(O)c(C(C)C)c2)c(Br)c1. The second-order valence-corrected chi connectivity index (χ2v) is 9.46. The molecule has 0 heterocycles. The number of aryl methyl sites for hydroxylation is 1. The molecule has 3 N–H and O–H groups in total. The van der Waals surface area contributed by atoms with E-state index in [1.54, 1.807) is 38.1 Å². The van der Waals surface area contributed by atoms with Crippen molar-refractivity contribution < 1.29 is 24.5 Å². The Morgan fingerprint density at radius 1 is 1.06 bits per heavy atom. The van der Waals surface area contributed by atoms with E-state index in [-0.39, 0.29) is 24.5 Å². The van der Waals surface area contributed by atoms with Crippen molar-refractivity contribution in [3.63, 3.8) is 0 Å². The second kappa shape index (κ2) is 12.4. The number of carbonyl (C=O) groups excluding carboxylic acids is 1. The third kappa shape index (κ3) is 6.51. The van der Waals surface area contributed by atoms with E-state index < -0.39 is 17.3 Å². The van der Waals surface area contributed by atoms with E-state index in [4.69, 9.17) is 4.74 Å².